The molecule has 1 aromatic carbocycles. The first-order valence-electron chi connectivity index (χ1n) is 6.11. The lowest BCUT2D eigenvalue weighted by Gasteiger charge is -2.17. The monoisotopic (exact) mass is 220 g/mol. The van der Waals surface area contributed by atoms with Crippen LogP contribution in [0.2, 0.25) is 0 Å². The smallest absolute Gasteiger partial charge is 0.0231 e. The van der Waals surface area contributed by atoms with Crippen molar-refractivity contribution >= 4 is 0 Å². The maximum Gasteiger partial charge on any atom is 0.0231 e. The summed E-state index contributed by atoms with van der Waals surface area (Å²) in [7, 11) is 2.17. The van der Waals surface area contributed by atoms with Gasteiger partial charge in [0.25, 0.3) is 0 Å². The predicted octanol–water partition coefficient (Wildman–Crippen LogP) is 2.36. The molecular formula is C14H24N2. The first kappa shape index (κ1) is 13.2. The number of benzene rings is 1. The van der Waals surface area contributed by atoms with Gasteiger partial charge in [0.15, 0.2) is 0 Å². The van der Waals surface area contributed by atoms with Gasteiger partial charge in [-0.3, -0.25) is 0 Å². The molecule has 1 N–H and O–H groups in total. The minimum Gasteiger partial charge on any atom is -0.315 e. The highest BCUT2D eigenvalue weighted by atomic mass is 15.1. The zero-order chi connectivity index (χ0) is 11.8. The summed E-state index contributed by atoms with van der Waals surface area (Å²) < 4.78 is 0. The first-order chi connectivity index (χ1) is 7.68. The SMILES string of the molecule is CC(C)CNCCN(C)Cc1ccccc1. The van der Waals surface area contributed by atoms with Crippen LogP contribution in [0.4, 0.5) is 0 Å². The molecule has 0 atom stereocenters. The molecule has 0 radical (unpaired) electrons. The standard InChI is InChI=1S/C14H24N2/c1-13(2)11-15-9-10-16(3)12-14-7-5-4-6-8-14/h4-8,13,15H,9-12H2,1-3H3. The van der Waals surface area contributed by atoms with Crippen LogP contribution in [-0.2, 0) is 6.54 Å². The second-order valence-corrected chi connectivity index (χ2v) is 4.82. The van der Waals surface area contributed by atoms with Gasteiger partial charge in [0, 0.05) is 19.6 Å². The Morgan fingerprint density at radius 2 is 1.88 bits per heavy atom. The summed E-state index contributed by atoms with van der Waals surface area (Å²) in [6.45, 7) is 8.79. The van der Waals surface area contributed by atoms with Gasteiger partial charge in [-0.25, -0.2) is 0 Å². The van der Waals surface area contributed by atoms with Crippen LogP contribution in [0.3, 0.4) is 0 Å². The maximum atomic E-state index is 3.46. The Balaban J connectivity index is 2.14. The van der Waals surface area contributed by atoms with Crippen LogP contribution in [-0.4, -0.2) is 31.6 Å². The fourth-order valence-corrected chi connectivity index (χ4v) is 1.63. The van der Waals surface area contributed by atoms with Crippen LogP contribution in [0.5, 0.6) is 0 Å². The molecule has 0 aliphatic rings. The molecule has 1 rings (SSSR count). The van der Waals surface area contributed by atoms with E-state index in [2.05, 4.69) is 61.4 Å². The van der Waals surface area contributed by atoms with Gasteiger partial charge >= 0.3 is 0 Å². The van der Waals surface area contributed by atoms with Crippen LogP contribution in [0.15, 0.2) is 30.3 Å². The van der Waals surface area contributed by atoms with Gasteiger partial charge < -0.3 is 10.2 Å². The summed E-state index contributed by atoms with van der Waals surface area (Å²) in [5.74, 6) is 0.736. The topological polar surface area (TPSA) is 15.3 Å². The lowest BCUT2D eigenvalue weighted by molar-refractivity contribution is 0.321. The highest BCUT2D eigenvalue weighted by Gasteiger charge is 1.99. The molecule has 0 fully saturated rings. The van der Waals surface area contributed by atoms with Crippen molar-refractivity contribution in [3.05, 3.63) is 35.9 Å². The van der Waals surface area contributed by atoms with Gasteiger partial charge in [0.2, 0.25) is 0 Å². The quantitative estimate of drug-likeness (QED) is 0.710. The van der Waals surface area contributed by atoms with E-state index >= 15 is 0 Å². The average molecular weight is 220 g/mol. The zero-order valence-corrected chi connectivity index (χ0v) is 10.7. The Bertz CT molecular complexity index is 269. The van der Waals surface area contributed by atoms with E-state index in [1.54, 1.807) is 0 Å². The first-order valence-corrected chi connectivity index (χ1v) is 6.11. The second kappa shape index (κ2) is 7.42. The summed E-state index contributed by atoms with van der Waals surface area (Å²) in [5, 5.41) is 3.46. The average Bonchev–Trinajstić information content (AvgIpc) is 2.25. The van der Waals surface area contributed by atoms with Crippen molar-refractivity contribution < 1.29 is 0 Å². The van der Waals surface area contributed by atoms with E-state index in [0.29, 0.717) is 0 Å². The van der Waals surface area contributed by atoms with Crippen molar-refractivity contribution in [2.45, 2.75) is 20.4 Å². The Kier molecular flexibility index (Phi) is 6.12. The second-order valence-electron chi connectivity index (χ2n) is 4.82. The summed E-state index contributed by atoms with van der Waals surface area (Å²) in [4.78, 5) is 2.35. The van der Waals surface area contributed by atoms with Crippen molar-refractivity contribution in [2.24, 2.45) is 5.92 Å². The van der Waals surface area contributed by atoms with Gasteiger partial charge in [-0.15, -0.1) is 0 Å². The minimum atomic E-state index is 0.736. The van der Waals surface area contributed by atoms with Gasteiger partial charge in [-0.1, -0.05) is 44.2 Å². The van der Waals surface area contributed by atoms with E-state index in [-0.39, 0.29) is 0 Å². The van der Waals surface area contributed by atoms with Crippen molar-refractivity contribution in [3.63, 3.8) is 0 Å². The summed E-state index contributed by atoms with van der Waals surface area (Å²) in [5.41, 5.74) is 1.38. The lowest BCUT2D eigenvalue weighted by atomic mass is 10.2. The van der Waals surface area contributed by atoms with Crippen molar-refractivity contribution in [1.82, 2.24) is 10.2 Å². The number of likely N-dealkylation sites (N-methyl/N-ethyl adjacent to an activating group) is 1. The molecule has 0 unspecified atom stereocenters. The number of hydrogen-bond donors (Lipinski definition) is 1. The molecule has 2 heteroatoms. The third kappa shape index (κ3) is 5.89. The molecule has 0 aliphatic heterocycles. The third-order valence-electron chi connectivity index (χ3n) is 2.52. The Morgan fingerprint density at radius 3 is 2.50 bits per heavy atom. The number of rotatable bonds is 7. The Hall–Kier alpha value is -0.860. The normalized spacial score (nSPS) is 11.3. The summed E-state index contributed by atoms with van der Waals surface area (Å²) in [6, 6.07) is 10.6. The highest BCUT2D eigenvalue weighted by Crippen LogP contribution is 2.01. The lowest BCUT2D eigenvalue weighted by Crippen LogP contribution is -2.30. The van der Waals surface area contributed by atoms with E-state index in [4.69, 9.17) is 0 Å². The van der Waals surface area contributed by atoms with Crippen molar-refractivity contribution in [1.29, 1.82) is 0 Å². The van der Waals surface area contributed by atoms with E-state index < -0.39 is 0 Å². The Morgan fingerprint density at radius 1 is 1.19 bits per heavy atom. The Labute approximate surface area is 99.7 Å². The maximum absolute atomic E-state index is 3.46. The molecule has 2 nitrogen and oxygen atoms in total. The zero-order valence-electron chi connectivity index (χ0n) is 10.7. The van der Waals surface area contributed by atoms with E-state index in [9.17, 15) is 0 Å². The third-order valence-corrected chi connectivity index (χ3v) is 2.52. The minimum absolute atomic E-state index is 0.736. The molecule has 16 heavy (non-hydrogen) atoms. The molecule has 0 amide bonds. The molecule has 0 aromatic heterocycles. The van der Waals surface area contributed by atoms with Crippen LogP contribution in [0.25, 0.3) is 0 Å². The number of hydrogen-bond acceptors (Lipinski definition) is 2. The summed E-state index contributed by atoms with van der Waals surface area (Å²) >= 11 is 0. The van der Waals surface area contributed by atoms with Crippen molar-refractivity contribution in [2.75, 3.05) is 26.7 Å². The molecule has 90 valence electrons. The molecule has 1 aromatic rings. The highest BCUT2D eigenvalue weighted by molar-refractivity contribution is 5.14. The molecule has 0 aliphatic carbocycles. The van der Waals surface area contributed by atoms with Gasteiger partial charge in [0.05, 0.1) is 0 Å². The molecule has 0 bridgehead atoms. The molecule has 0 spiro atoms. The largest absolute Gasteiger partial charge is 0.315 e. The fourth-order valence-electron chi connectivity index (χ4n) is 1.63. The molecule has 0 saturated heterocycles. The van der Waals surface area contributed by atoms with E-state index in [1.807, 2.05) is 0 Å². The van der Waals surface area contributed by atoms with Crippen LogP contribution < -0.4 is 5.32 Å². The van der Waals surface area contributed by atoms with Gasteiger partial charge in [-0.2, -0.15) is 0 Å². The molecular weight excluding hydrogens is 196 g/mol. The van der Waals surface area contributed by atoms with Crippen LogP contribution >= 0.6 is 0 Å². The van der Waals surface area contributed by atoms with E-state index in [1.165, 1.54) is 5.56 Å². The predicted molar refractivity (Wildman–Crippen MR) is 70.5 cm³/mol. The number of nitrogens with one attached hydrogen (secondary N) is 1. The summed E-state index contributed by atoms with van der Waals surface area (Å²) in [6.07, 6.45) is 0. The fraction of sp³-hybridized carbons (Fsp3) is 0.571. The van der Waals surface area contributed by atoms with Gasteiger partial charge in [-0.05, 0) is 25.1 Å². The van der Waals surface area contributed by atoms with Crippen molar-refractivity contribution in [3.8, 4) is 0 Å². The molecule has 0 heterocycles. The van der Waals surface area contributed by atoms with E-state index in [0.717, 1.165) is 32.1 Å². The number of nitrogens with zero attached hydrogens (tertiary/aromatic N) is 1. The molecule has 0 saturated carbocycles. The van der Waals surface area contributed by atoms with Gasteiger partial charge in [0.1, 0.15) is 0 Å². The van der Waals surface area contributed by atoms with Crippen LogP contribution in [0.1, 0.15) is 19.4 Å². The van der Waals surface area contributed by atoms with Crippen LogP contribution in [0, 0.1) is 5.92 Å².